The van der Waals surface area contributed by atoms with Crippen LogP contribution >= 0.6 is 0 Å². The second-order valence-electron chi connectivity index (χ2n) is 6.79. The number of fused-ring (bicyclic) bond motifs is 2. The molecule has 2 heterocycles. The summed E-state index contributed by atoms with van der Waals surface area (Å²) in [6, 6.07) is 0.955. The van der Waals surface area contributed by atoms with Gasteiger partial charge in [-0.25, -0.2) is 4.79 Å². The van der Waals surface area contributed by atoms with Crippen LogP contribution in [0.25, 0.3) is 21.9 Å². The van der Waals surface area contributed by atoms with Gasteiger partial charge in [0, 0.05) is 28.3 Å². The number of benzene rings is 1. The topological polar surface area (TPSA) is 110 Å². The molecule has 7 nitrogen and oxygen atoms in total. The first-order valence-electron chi connectivity index (χ1n) is 8.66. The lowest BCUT2D eigenvalue weighted by Crippen LogP contribution is -2.38. The lowest BCUT2D eigenvalue weighted by atomic mass is 9.98. The molecule has 142 valence electrons. The van der Waals surface area contributed by atoms with Gasteiger partial charge in [0.05, 0.1) is 6.26 Å². The van der Waals surface area contributed by atoms with Gasteiger partial charge in [0.1, 0.15) is 17.2 Å². The molecule has 1 unspecified atom stereocenters. The van der Waals surface area contributed by atoms with Crippen molar-refractivity contribution in [1.82, 2.24) is 5.32 Å². The van der Waals surface area contributed by atoms with Crippen molar-refractivity contribution >= 4 is 33.8 Å². The Morgan fingerprint density at radius 1 is 1.15 bits per heavy atom. The maximum atomic E-state index is 12.5. The first-order valence-corrected chi connectivity index (χ1v) is 8.66. The number of carboxylic acids is 1. The highest BCUT2D eigenvalue weighted by Crippen LogP contribution is 2.32. The Balaban J connectivity index is 1.98. The van der Waals surface area contributed by atoms with Crippen molar-refractivity contribution in [1.29, 1.82) is 0 Å². The number of rotatable bonds is 5. The van der Waals surface area contributed by atoms with E-state index in [0.717, 1.165) is 27.5 Å². The summed E-state index contributed by atoms with van der Waals surface area (Å²) in [5.74, 6) is -1.54. The van der Waals surface area contributed by atoms with E-state index in [0.29, 0.717) is 16.7 Å². The maximum Gasteiger partial charge on any atom is 0.339 e. The Hall–Kier alpha value is -3.09. The highest BCUT2D eigenvalue weighted by Gasteiger charge is 2.19. The molecule has 1 aromatic carbocycles. The first-order chi connectivity index (χ1) is 12.7. The summed E-state index contributed by atoms with van der Waals surface area (Å²) in [6.07, 6.45) is 1.84. The molecule has 1 atom stereocenters. The predicted octanol–water partition coefficient (Wildman–Crippen LogP) is 2.99. The molecule has 27 heavy (non-hydrogen) atoms. The van der Waals surface area contributed by atoms with Crippen molar-refractivity contribution in [2.45, 2.75) is 46.6 Å². The van der Waals surface area contributed by atoms with Gasteiger partial charge in [-0.15, -0.1) is 0 Å². The fourth-order valence-electron chi connectivity index (χ4n) is 3.22. The first kappa shape index (κ1) is 18.7. The largest absolute Gasteiger partial charge is 0.480 e. The van der Waals surface area contributed by atoms with E-state index >= 15 is 0 Å². The van der Waals surface area contributed by atoms with Crippen LogP contribution in [-0.4, -0.2) is 23.0 Å². The number of carbonyl (C=O) groups is 2. The van der Waals surface area contributed by atoms with E-state index in [1.807, 2.05) is 26.8 Å². The summed E-state index contributed by atoms with van der Waals surface area (Å²) in [5.41, 5.74) is 3.60. The molecular formula is C20H21NO6. The van der Waals surface area contributed by atoms with E-state index in [1.54, 1.807) is 6.26 Å². The molecule has 3 rings (SSSR count). The number of aryl methyl sites for hydroxylation is 3. The van der Waals surface area contributed by atoms with Crippen molar-refractivity contribution in [2.24, 2.45) is 0 Å². The molecule has 0 spiro atoms. The Kier molecular flexibility index (Phi) is 4.78. The Morgan fingerprint density at radius 2 is 1.85 bits per heavy atom. The van der Waals surface area contributed by atoms with Crippen molar-refractivity contribution in [3.05, 3.63) is 45.0 Å². The van der Waals surface area contributed by atoms with Gasteiger partial charge in [-0.05, 0) is 51.3 Å². The summed E-state index contributed by atoms with van der Waals surface area (Å²) in [4.78, 5) is 35.2. The van der Waals surface area contributed by atoms with E-state index in [1.165, 1.54) is 6.92 Å². The van der Waals surface area contributed by atoms with Crippen LogP contribution in [0.2, 0.25) is 0 Å². The number of hydrogen-bond donors (Lipinski definition) is 2. The van der Waals surface area contributed by atoms with E-state index in [4.69, 9.17) is 13.9 Å². The van der Waals surface area contributed by atoms with Crippen LogP contribution in [0, 0.1) is 20.8 Å². The normalized spacial score (nSPS) is 12.4. The van der Waals surface area contributed by atoms with E-state index in [-0.39, 0.29) is 12.8 Å². The molecular weight excluding hydrogens is 350 g/mol. The zero-order chi connectivity index (χ0) is 19.9. The number of carbonyl (C=O) groups excluding carboxylic acids is 1. The van der Waals surface area contributed by atoms with Crippen molar-refractivity contribution in [2.75, 3.05) is 0 Å². The Labute approximate surface area is 155 Å². The van der Waals surface area contributed by atoms with Gasteiger partial charge >= 0.3 is 11.6 Å². The molecule has 0 aliphatic heterocycles. The van der Waals surface area contributed by atoms with E-state index < -0.39 is 23.5 Å². The average molecular weight is 371 g/mol. The number of aliphatic carboxylic acids is 1. The van der Waals surface area contributed by atoms with Gasteiger partial charge in [-0.1, -0.05) is 0 Å². The highest BCUT2D eigenvalue weighted by molar-refractivity contribution is 5.99. The lowest BCUT2D eigenvalue weighted by molar-refractivity contribution is -0.141. The number of hydrogen-bond acceptors (Lipinski definition) is 5. The molecule has 0 aliphatic carbocycles. The van der Waals surface area contributed by atoms with E-state index in [2.05, 4.69) is 5.32 Å². The fourth-order valence-corrected chi connectivity index (χ4v) is 3.22. The van der Waals surface area contributed by atoms with Crippen molar-refractivity contribution in [3.63, 3.8) is 0 Å². The smallest absolute Gasteiger partial charge is 0.339 e. The molecule has 0 bridgehead atoms. The second kappa shape index (κ2) is 6.90. The zero-order valence-corrected chi connectivity index (χ0v) is 15.6. The molecule has 2 aromatic heterocycles. The monoisotopic (exact) mass is 371 g/mol. The minimum Gasteiger partial charge on any atom is -0.480 e. The minimum atomic E-state index is -1.11. The van der Waals surface area contributed by atoms with Crippen LogP contribution in [0.5, 0.6) is 0 Å². The van der Waals surface area contributed by atoms with E-state index in [9.17, 15) is 14.4 Å². The van der Waals surface area contributed by atoms with Crippen molar-refractivity contribution < 1.29 is 23.5 Å². The number of furan rings is 1. The summed E-state index contributed by atoms with van der Waals surface area (Å²) < 4.78 is 11.1. The molecule has 1 amide bonds. The summed E-state index contributed by atoms with van der Waals surface area (Å²) >= 11 is 0. The molecule has 0 fully saturated rings. The lowest BCUT2D eigenvalue weighted by Gasteiger charge is -2.11. The van der Waals surface area contributed by atoms with Crippen LogP contribution in [0.3, 0.4) is 0 Å². The van der Waals surface area contributed by atoms with Gasteiger partial charge in [0.25, 0.3) is 0 Å². The number of amides is 1. The fraction of sp³-hybridized carbons (Fsp3) is 0.350. The second-order valence-corrected chi connectivity index (χ2v) is 6.79. The number of nitrogens with one attached hydrogen (secondary N) is 1. The highest BCUT2D eigenvalue weighted by atomic mass is 16.4. The molecule has 7 heteroatoms. The van der Waals surface area contributed by atoms with Crippen LogP contribution < -0.4 is 10.9 Å². The van der Waals surface area contributed by atoms with Crippen LogP contribution in [-0.2, 0) is 16.0 Å². The quantitative estimate of drug-likeness (QED) is 0.667. The van der Waals surface area contributed by atoms with Gasteiger partial charge < -0.3 is 19.3 Å². The molecule has 0 radical (unpaired) electrons. The molecule has 0 saturated carbocycles. The molecule has 2 N–H and O–H groups in total. The summed E-state index contributed by atoms with van der Waals surface area (Å²) in [5, 5.41) is 13.0. The zero-order valence-electron chi connectivity index (χ0n) is 15.6. The van der Waals surface area contributed by atoms with Crippen LogP contribution in [0.15, 0.2) is 26.0 Å². The average Bonchev–Trinajstić information content (AvgIpc) is 2.97. The van der Waals surface area contributed by atoms with Crippen LogP contribution in [0.1, 0.15) is 35.6 Å². The Bertz CT molecular complexity index is 1120. The summed E-state index contributed by atoms with van der Waals surface area (Å²) in [7, 11) is 0. The maximum absolute atomic E-state index is 12.5. The molecule has 3 aromatic rings. The standard InChI is InChI=1S/C20H21NO6/c1-9-8-26-17-11(3)18-15(7-14(9)17)10(2)13(20(25)27-18)5-6-16(22)21-12(4)19(23)24/h7-8,12H,5-6H2,1-4H3,(H,21,22)(H,23,24). The van der Waals surface area contributed by atoms with Gasteiger partial charge in [0.15, 0.2) is 0 Å². The Morgan fingerprint density at radius 3 is 2.52 bits per heavy atom. The van der Waals surface area contributed by atoms with Gasteiger partial charge in [-0.3, -0.25) is 9.59 Å². The third-order valence-corrected chi connectivity index (χ3v) is 4.89. The molecule has 0 aliphatic rings. The number of carboxylic acid groups (broad SMARTS) is 1. The van der Waals surface area contributed by atoms with Gasteiger partial charge in [0.2, 0.25) is 5.91 Å². The predicted molar refractivity (Wildman–Crippen MR) is 100 cm³/mol. The van der Waals surface area contributed by atoms with Crippen LogP contribution in [0.4, 0.5) is 0 Å². The third-order valence-electron chi connectivity index (χ3n) is 4.89. The van der Waals surface area contributed by atoms with Crippen molar-refractivity contribution in [3.8, 4) is 0 Å². The summed E-state index contributed by atoms with van der Waals surface area (Å²) in [6.45, 7) is 7.00. The molecule has 0 saturated heterocycles. The van der Waals surface area contributed by atoms with Gasteiger partial charge in [-0.2, -0.15) is 0 Å². The third kappa shape index (κ3) is 3.32. The minimum absolute atomic E-state index is 0.000686. The SMILES string of the molecule is Cc1coc2c(C)c3oc(=O)c(CCC(=O)NC(C)C(=O)O)c(C)c3cc12.